The van der Waals surface area contributed by atoms with Gasteiger partial charge in [-0.05, 0) is 32.3 Å². The summed E-state index contributed by atoms with van der Waals surface area (Å²) >= 11 is 0. The first-order valence-corrected chi connectivity index (χ1v) is 6.77. The Hall–Kier alpha value is -0.910. The summed E-state index contributed by atoms with van der Waals surface area (Å²) in [5.74, 6) is 5.68. The highest BCUT2D eigenvalue weighted by Crippen LogP contribution is 2.23. The van der Waals surface area contributed by atoms with Crippen molar-refractivity contribution in [1.82, 2.24) is 15.2 Å². The van der Waals surface area contributed by atoms with E-state index in [1.54, 1.807) is 0 Å². The third kappa shape index (κ3) is 2.91. The van der Waals surface area contributed by atoms with Gasteiger partial charge in [0.05, 0.1) is 23.9 Å². The monoisotopic (exact) mass is 252 g/mol. The molecule has 102 valence electrons. The minimum atomic E-state index is 0.162. The molecule has 0 bridgehead atoms. The first-order chi connectivity index (χ1) is 8.63. The second-order valence-corrected chi connectivity index (χ2v) is 5.14. The highest BCUT2D eigenvalue weighted by Gasteiger charge is 2.29. The summed E-state index contributed by atoms with van der Waals surface area (Å²) in [6.45, 7) is 4.24. The summed E-state index contributed by atoms with van der Waals surface area (Å²) in [5.41, 5.74) is 5.24. The Balaban J connectivity index is 2.03. The smallest absolute Gasteiger partial charge is 0.0749 e. The average Bonchev–Trinajstić information content (AvgIpc) is 2.93. The summed E-state index contributed by atoms with van der Waals surface area (Å²) in [6.07, 6.45) is 4.58. The van der Waals surface area contributed by atoms with Crippen LogP contribution in [0.25, 0.3) is 0 Å². The van der Waals surface area contributed by atoms with Gasteiger partial charge in [0, 0.05) is 19.2 Å². The molecule has 0 aliphatic carbocycles. The first-order valence-electron chi connectivity index (χ1n) is 6.77. The van der Waals surface area contributed by atoms with Crippen molar-refractivity contribution in [2.75, 3.05) is 0 Å². The average molecular weight is 252 g/mol. The molecule has 2 heterocycles. The van der Waals surface area contributed by atoms with Crippen molar-refractivity contribution in [3.8, 4) is 0 Å². The number of aromatic nitrogens is 2. The molecule has 3 N–H and O–H groups in total. The second-order valence-electron chi connectivity index (χ2n) is 5.14. The molecule has 3 atom stereocenters. The molecular weight excluding hydrogens is 228 g/mol. The van der Waals surface area contributed by atoms with E-state index in [1.165, 1.54) is 5.69 Å². The van der Waals surface area contributed by atoms with Crippen LogP contribution < -0.4 is 11.3 Å². The van der Waals surface area contributed by atoms with Gasteiger partial charge in [0.1, 0.15) is 0 Å². The maximum atomic E-state index is 5.89. The lowest BCUT2D eigenvalue weighted by atomic mass is 10.0. The van der Waals surface area contributed by atoms with Gasteiger partial charge in [0.2, 0.25) is 0 Å². The highest BCUT2D eigenvalue weighted by atomic mass is 16.5. The predicted octanol–water partition coefficient (Wildman–Crippen LogP) is 0.924. The fourth-order valence-corrected chi connectivity index (χ4v) is 2.59. The van der Waals surface area contributed by atoms with Crippen molar-refractivity contribution in [3.05, 3.63) is 17.5 Å². The van der Waals surface area contributed by atoms with E-state index in [0.717, 1.165) is 31.4 Å². The van der Waals surface area contributed by atoms with E-state index in [4.69, 9.17) is 10.6 Å². The number of nitrogens with one attached hydrogen (secondary N) is 1. The molecule has 1 aliphatic rings. The lowest BCUT2D eigenvalue weighted by Crippen LogP contribution is -2.45. The molecule has 0 aromatic carbocycles. The molecular formula is C13H24N4O. The molecule has 1 aliphatic heterocycles. The van der Waals surface area contributed by atoms with Crippen LogP contribution in [0.4, 0.5) is 0 Å². The summed E-state index contributed by atoms with van der Waals surface area (Å²) in [5, 5.41) is 4.47. The van der Waals surface area contributed by atoms with Gasteiger partial charge in [-0.1, -0.05) is 6.92 Å². The summed E-state index contributed by atoms with van der Waals surface area (Å²) in [4.78, 5) is 0. The Morgan fingerprint density at radius 3 is 2.89 bits per heavy atom. The molecule has 5 heteroatoms. The SMILES string of the molecule is CCc1cc(CC(NN)C2CCC(C)O2)n(C)n1. The lowest BCUT2D eigenvalue weighted by molar-refractivity contribution is 0.0317. The molecule has 0 radical (unpaired) electrons. The zero-order valence-corrected chi connectivity index (χ0v) is 11.5. The Kier molecular flexibility index (Phi) is 4.37. The number of hydrogen-bond acceptors (Lipinski definition) is 4. The molecule has 1 aromatic rings. The van der Waals surface area contributed by atoms with Gasteiger partial charge in [0.25, 0.3) is 0 Å². The van der Waals surface area contributed by atoms with Crippen molar-refractivity contribution in [1.29, 1.82) is 0 Å². The number of nitrogens with zero attached hydrogens (tertiary/aromatic N) is 2. The van der Waals surface area contributed by atoms with Crippen LogP contribution in [0.5, 0.6) is 0 Å². The predicted molar refractivity (Wildman–Crippen MR) is 71.0 cm³/mol. The zero-order chi connectivity index (χ0) is 13.1. The largest absolute Gasteiger partial charge is 0.374 e. The Bertz CT molecular complexity index is 390. The Morgan fingerprint density at radius 2 is 2.39 bits per heavy atom. The van der Waals surface area contributed by atoms with Crippen molar-refractivity contribution in [2.24, 2.45) is 12.9 Å². The van der Waals surface area contributed by atoms with Gasteiger partial charge in [-0.15, -0.1) is 0 Å². The van der Waals surface area contributed by atoms with Crippen molar-refractivity contribution < 1.29 is 4.74 Å². The molecule has 0 saturated carbocycles. The van der Waals surface area contributed by atoms with E-state index in [2.05, 4.69) is 30.4 Å². The minimum Gasteiger partial charge on any atom is -0.374 e. The quantitative estimate of drug-likeness (QED) is 0.604. The van der Waals surface area contributed by atoms with Crippen LogP contribution >= 0.6 is 0 Å². The van der Waals surface area contributed by atoms with Crippen LogP contribution in [0.1, 0.15) is 38.1 Å². The van der Waals surface area contributed by atoms with Crippen LogP contribution in [0.2, 0.25) is 0 Å². The molecule has 5 nitrogen and oxygen atoms in total. The topological polar surface area (TPSA) is 65.1 Å². The summed E-state index contributed by atoms with van der Waals surface area (Å²) in [6, 6.07) is 2.32. The maximum Gasteiger partial charge on any atom is 0.0749 e. The van der Waals surface area contributed by atoms with Crippen LogP contribution in [-0.4, -0.2) is 28.0 Å². The number of nitrogens with two attached hydrogens (primary N) is 1. The van der Waals surface area contributed by atoms with Gasteiger partial charge < -0.3 is 4.74 Å². The first kappa shape index (κ1) is 13.5. The van der Waals surface area contributed by atoms with Crippen molar-refractivity contribution >= 4 is 0 Å². The molecule has 1 aromatic heterocycles. The Morgan fingerprint density at radius 1 is 1.61 bits per heavy atom. The number of ether oxygens (including phenoxy) is 1. The number of aryl methyl sites for hydroxylation is 2. The standard InChI is InChI=1S/C13H24N4O/c1-4-10-7-11(17(3)16-10)8-12(15-14)13-6-5-9(2)18-13/h7,9,12-13,15H,4-6,8,14H2,1-3H3. The van der Waals surface area contributed by atoms with Gasteiger partial charge in [-0.25, -0.2) is 0 Å². The van der Waals surface area contributed by atoms with E-state index < -0.39 is 0 Å². The van der Waals surface area contributed by atoms with Crippen molar-refractivity contribution in [2.45, 2.75) is 57.8 Å². The Labute approximate surface area is 109 Å². The molecule has 0 spiro atoms. The number of hydrogen-bond donors (Lipinski definition) is 2. The molecule has 0 amide bonds. The minimum absolute atomic E-state index is 0.162. The number of hydrazine groups is 1. The van der Waals surface area contributed by atoms with Gasteiger partial charge >= 0.3 is 0 Å². The van der Waals surface area contributed by atoms with E-state index >= 15 is 0 Å². The molecule has 3 unspecified atom stereocenters. The summed E-state index contributed by atoms with van der Waals surface area (Å²) < 4.78 is 7.83. The van der Waals surface area contributed by atoms with Gasteiger partial charge in [-0.3, -0.25) is 16.0 Å². The van der Waals surface area contributed by atoms with E-state index in [1.807, 2.05) is 11.7 Å². The number of rotatable bonds is 5. The van der Waals surface area contributed by atoms with E-state index in [0.29, 0.717) is 6.10 Å². The summed E-state index contributed by atoms with van der Waals surface area (Å²) in [7, 11) is 1.99. The molecule has 1 saturated heterocycles. The van der Waals surface area contributed by atoms with E-state index in [9.17, 15) is 0 Å². The lowest BCUT2D eigenvalue weighted by Gasteiger charge is -2.22. The van der Waals surface area contributed by atoms with Gasteiger partial charge in [-0.2, -0.15) is 5.10 Å². The third-order valence-electron chi connectivity index (χ3n) is 3.75. The third-order valence-corrected chi connectivity index (χ3v) is 3.75. The van der Waals surface area contributed by atoms with E-state index in [-0.39, 0.29) is 12.1 Å². The molecule has 2 rings (SSSR count). The van der Waals surface area contributed by atoms with Gasteiger partial charge in [0.15, 0.2) is 0 Å². The normalized spacial score (nSPS) is 25.6. The maximum absolute atomic E-state index is 5.89. The van der Waals surface area contributed by atoms with Crippen molar-refractivity contribution in [3.63, 3.8) is 0 Å². The van der Waals surface area contributed by atoms with Crippen LogP contribution in [-0.2, 0) is 24.6 Å². The fraction of sp³-hybridized carbons (Fsp3) is 0.769. The van der Waals surface area contributed by atoms with Crippen LogP contribution in [0.15, 0.2) is 6.07 Å². The van der Waals surface area contributed by atoms with Crippen LogP contribution in [0, 0.1) is 0 Å². The van der Waals surface area contributed by atoms with Crippen LogP contribution in [0.3, 0.4) is 0 Å². The second kappa shape index (κ2) is 5.82. The highest BCUT2D eigenvalue weighted by molar-refractivity contribution is 5.12. The fourth-order valence-electron chi connectivity index (χ4n) is 2.59. The molecule has 18 heavy (non-hydrogen) atoms. The zero-order valence-electron chi connectivity index (χ0n) is 11.5. The molecule has 1 fully saturated rings.